The fraction of sp³-hybridized carbons (Fsp3) is 0.583. The van der Waals surface area contributed by atoms with E-state index in [1.807, 2.05) is 24.7 Å². The third-order valence-electron chi connectivity index (χ3n) is 7.46. The second-order valence-corrected chi connectivity index (χ2v) is 15.6. The number of carbonyl (C=O) groups excluding carboxylic acids is 1. The number of imidazole rings is 1. The van der Waals surface area contributed by atoms with E-state index >= 15 is 0 Å². The highest BCUT2D eigenvalue weighted by molar-refractivity contribution is 6.74. The molecule has 0 N–H and O–H groups in total. The van der Waals surface area contributed by atoms with Gasteiger partial charge in [0.05, 0.1) is 24.3 Å². The predicted octanol–water partition coefficient (Wildman–Crippen LogP) is 6.65. The molecule has 1 saturated carbocycles. The van der Waals surface area contributed by atoms with Crippen LogP contribution in [0, 0.1) is 5.92 Å². The Morgan fingerprint density at radius 2 is 1.93 bits per heavy atom. The number of rotatable bonds is 5. The minimum atomic E-state index is -1.76. The van der Waals surface area contributed by atoms with Crippen LogP contribution in [0.4, 0.5) is 0 Å². The lowest BCUT2D eigenvalue weighted by molar-refractivity contribution is -0.124. The van der Waals surface area contributed by atoms with Crippen molar-refractivity contribution in [2.45, 2.75) is 83.2 Å². The van der Waals surface area contributed by atoms with Crippen LogP contribution in [0.25, 0.3) is 11.3 Å². The molecule has 2 aromatic rings. The fourth-order valence-corrected chi connectivity index (χ4v) is 6.38. The fourth-order valence-electron chi connectivity index (χ4n) is 4.65. The first-order chi connectivity index (χ1) is 14.1. The molecule has 162 valence electrons. The number of aromatic nitrogens is 2. The number of fused-ring (bicyclic) bond motifs is 3. The zero-order chi connectivity index (χ0) is 21.7. The average molecular weight is 445 g/mol. The van der Waals surface area contributed by atoms with Gasteiger partial charge in [-0.2, -0.15) is 0 Å². The second kappa shape index (κ2) is 7.92. The van der Waals surface area contributed by atoms with Gasteiger partial charge in [-0.05, 0) is 49.9 Å². The van der Waals surface area contributed by atoms with Gasteiger partial charge in [-0.25, -0.2) is 4.98 Å². The van der Waals surface area contributed by atoms with Crippen LogP contribution in [0.1, 0.15) is 64.5 Å². The molecule has 4 rings (SSSR count). The molecule has 2 heterocycles. The Morgan fingerprint density at radius 3 is 2.60 bits per heavy atom. The van der Waals surface area contributed by atoms with Crippen LogP contribution in [0.15, 0.2) is 30.7 Å². The Kier molecular flexibility index (Phi) is 5.75. The van der Waals surface area contributed by atoms with Crippen LogP contribution in [-0.2, 0) is 9.22 Å². The standard InChI is InChI=1S/C24H33ClN2O2Si/c1-24(2,3)30(4,5)29-17-11-9-16(10-12-17)22(28)13-20-23-18(7-6-8-19(23)25)21-14-26-15-27(20)21/h6-8,14-17,20H,9-13H2,1-5H3. The molecule has 1 atom stereocenters. The summed E-state index contributed by atoms with van der Waals surface area (Å²) in [6.45, 7) is 11.5. The van der Waals surface area contributed by atoms with Crippen molar-refractivity contribution in [3.05, 3.63) is 41.3 Å². The lowest BCUT2D eigenvalue weighted by Gasteiger charge is -2.41. The molecule has 1 aromatic carbocycles. The minimum absolute atomic E-state index is 0.0418. The number of hydrogen-bond acceptors (Lipinski definition) is 3. The van der Waals surface area contributed by atoms with Crippen LogP contribution >= 0.6 is 11.6 Å². The van der Waals surface area contributed by atoms with Gasteiger partial charge in [-0.1, -0.05) is 44.5 Å². The summed E-state index contributed by atoms with van der Waals surface area (Å²) in [4.78, 5) is 17.6. The van der Waals surface area contributed by atoms with Crippen LogP contribution in [0.5, 0.6) is 0 Å². The number of nitrogens with zero attached hydrogens (tertiary/aromatic N) is 2. The van der Waals surface area contributed by atoms with Crippen molar-refractivity contribution in [2.24, 2.45) is 5.92 Å². The van der Waals surface area contributed by atoms with Crippen molar-refractivity contribution in [2.75, 3.05) is 0 Å². The van der Waals surface area contributed by atoms with E-state index in [0.29, 0.717) is 18.3 Å². The van der Waals surface area contributed by atoms with Gasteiger partial charge >= 0.3 is 0 Å². The molecule has 6 heteroatoms. The molecule has 1 aromatic heterocycles. The maximum absolute atomic E-state index is 13.2. The molecule has 0 bridgehead atoms. The van der Waals surface area contributed by atoms with Crippen LogP contribution in [-0.4, -0.2) is 29.8 Å². The van der Waals surface area contributed by atoms with E-state index in [1.165, 1.54) is 0 Å². The van der Waals surface area contributed by atoms with E-state index in [0.717, 1.165) is 47.5 Å². The zero-order valence-electron chi connectivity index (χ0n) is 18.7. The van der Waals surface area contributed by atoms with Gasteiger partial charge in [0.2, 0.25) is 0 Å². The summed E-state index contributed by atoms with van der Waals surface area (Å²) in [7, 11) is -1.76. The highest BCUT2D eigenvalue weighted by atomic mass is 35.5. The number of ketones is 1. The van der Waals surface area contributed by atoms with Crippen molar-refractivity contribution < 1.29 is 9.22 Å². The number of hydrogen-bond donors (Lipinski definition) is 0. The normalized spacial score (nSPS) is 23.9. The zero-order valence-corrected chi connectivity index (χ0v) is 20.5. The highest BCUT2D eigenvalue weighted by Crippen LogP contribution is 2.45. The predicted molar refractivity (Wildman–Crippen MR) is 124 cm³/mol. The van der Waals surface area contributed by atoms with Crippen molar-refractivity contribution >= 4 is 25.7 Å². The quantitative estimate of drug-likeness (QED) is 0.485. The summed E-state index contributed by atoms with van der Waals surface area (Å²) >= 11 is 6.54. The van der Waals surface area contributed by atoms with Gasteiger partial charge in [0.25, 0.3) is 0 Å². The van der Waals surface area contributed by atoms with E-state index in [-0.39, 0.29) is 17.0 Å². The molecular weight excluding hydrogens is 412 g/mol. The molecular formula is C24H33ClN2O2Si. The molecule has 1 aliphatic carbocycles. The SMILES string of the molecule is CC(C)(C)[Si](C)(C)OC1CCC(C(=O)CC2c3c(Cl)cccc3-c3cncn32)CC1. The van der Waals surface area contributed by atoms with Gasteiger partial charge in [-0.3, -0.25) is 4.79 Å². The molecule has 0 amide bonds. The minimum Gasteiger partial charge on any atom is -0.414 e. The van der Waals surface area contributed by atoms with Crippen molar-refractivity contribution in [3.8, 4) is 11.3 Å². The van der Waals surface area contributed by atoms with Crippen molar-refractivity contribution in [3.63, 3.8) is 0 Å². The Bertz CT molecular complexity index is 939. The molecule has 0 radical (unpaired) electrons. The molecule has 1 unspecified atom stereocenters. The summed E-state index contributed by atoms with van der Waals surface area (Å²) in [5, 5.41) is 0.956. The number of benzene rings is 1. The first-order valence-corrected chi connectivity index (χ1v) is 14.4. The molecule has 2 aliphatic rings. The second-order valence-electron chi connectivity index (χ2n) is 10.4. The first kappa shape index (κ1) is 21.8. The average Bonchev–Trinajstić information content (AvgIpc) is 3.24. The molecule has 1 aliphatic heterocycles. The highest BCUT2D eigenvalue weighted by Gasteiger charge is 2.41. The largest absolute Gasteiger partial charge is 0.414 e. The van der Waals surface area contributed by atoms with Crippen molar-refractivity contribution in [1.82, 2.24) is 9.55 Å². The van der Waals surface area contributed by atoms with Gasteiger partial charge in [-0.15, -0.1) is 0 Å². The van der Waals surface area contributed by atoms with Crippen molar-refractivity contribution in [1.29, 1.82) is 0 Å². The molecule has 30 heavy (non-hydrogen) atoms. The Balaban J connectivity index is 1.41. The number of carbonyl (C=O) groups is 1. The van der Waals surface area contributed by atoms with Gasteiger partial charge in [0.15, 0.2) is 8.32 Å². The van der Waals surface area contributed by atoms with Crippen LogP contribution in [0.3, 0.4) is 0 Å². The Morgan fingerprint density at radius 1 is 1.23 bits per heavy atom. The number of halogens is 1. The van der Waals surface area contributed by atoms with E-state index in [9.17, 15) is 4.79 Å². The van der Waals surface area contributed by atoms with Crippen LogP contribution in [0.2, 0.25) is 23.2 Å². The monoisotopic (exact) mass is 444 g/mol. The van der Waals surface area contributed by atoms with E-state index in [2.05, 4.69) is 49.5 Å². The molecule has 0 saturated heterocycles. The summed E-state index contributed by atoms with van der Waals surface area (Å²) in [6.07, 6.45) is 8.31. The smallest absolute Gasteiger partial charge is 0.192 e. The van der Waals surface area contributed by atoms with E-state index < -0.39 is 8.32 Å². The summed E-state index contributed by atoms with van der Waals surface area (Å²) in [6, 6.07) is 5.91. The lowest BCUT2D eigenvalue weighted by atomic mass is 9.82. The van der Waals surface area contributed by atoms with Gasteiger partial charge in [0, 0.05) is 34.6 Å². The molecule has 4 nitrogen and oxygen atoms in total. The maximum Gasteiger partial charge on any atom is 0.192 e. The maximum atomic E-state index is 13.2. The summed E-state index contributed by atoms with van der Waals surface area (Å²) in [5.74, 6) is 0.473. The van der Waals surface area contributed by atoms with E-state index in [1.54, 1.807) is 0 Å². The third-order valence-corrected chi connectivity index (χ3v) is 12.3. The lowest BCUT2D eigenvalue weighted by Crippen LogP contribution is -2.45. The van der Waals surface area contributed by atoms with Gasteiger partial charge < -0.3 is 8.99 Å². The van der Waals surface area contributed by atoms with E-state index in [4.69, 9.17) is 16.0 Å². The Labute approximate surface area is 186 Å². The molecule has 1 fully saturated rings. The summed E-state index contributed by atoms with van der Waals surface area (Å²) in [5.41, 5.74) is 3.22. The van der Waals surface area contributed by atoms with Crippen LogP contribution < -0.4 is 0 Å². The topological polar surface area (TPSA) is 44.1 Å². The number of Topliss-reactive ketones (excluding diaryl/α,β-unsaturated/α-hetero) is 1. The molecule has 0 spiro atoms. The third kappa shape index (κ3) is 3.92. The van der Waals surface area contributed by atoms with Gasteiger partial charge in [0.1, 0.15) is 5.78 Å². The summed E-state index contributed by atoms with van der Waals surface area (Å²) < 4.78 is 8.71. The first-order valence-electron chi connectivity index (χ1n) is 11.1. The Hall–Kier alpha value is -1.43.